The Morgan fingerprint density at radius 1 is 1.37 bits per heavy atom. The molecule has 4 nitrogen and oxygen atoms in total. The fourth-order valence-corrected chi connectivity index (χ4v) is 2.64. The molecule has 2 aromatic rings. The highest BCUT2D eigenvalue weighted by Crippen LogP contribution is 2.33. The number of hydrogen-bond donors (Lipinski definition) is 1. The largest absolute Gasteiger partial charge is 0.485 e. The van der Waals surface area contributed by atoms with E-state index in [4.69, 9.17) is 26.8 Å². The molecular weight excluding hydrogens is 264 g/mol. The standard InChI is InChI=1S/C14H15ClN2O2/c1-18-14-10(16)7-12(14)19-11-5-4-9(15)8-3-2-6-17-13(8)11/h2-6,10,12,14H,7,16H2,1H3. The van der Waals surface area contributed by atoms with Gasteiger partial charge >= 0.3 is 0 Å². The first-order valence-corrected chi connectivity index (χ1v) is 6.57. The molecule has 3 atom stereocenters. The number of halogens is 1. The third kappa shape index (κ3) is 2.16. The Morgan fingerprint density at radius 3 is 2.95 bits per heavy atom. The van der Waals surface area contributed by atoms with Gasteiger partial charge in [-0.3, -0.25) is 4.98 Å². The Kier molecular flexibility index (Phi) is 3.31. The maximum Gasteiger partial charge on any atom is 0.146 e. The van der Waals surface area contributed by atoms with Gasteiger partial charge in [0.15, 0.2) is 0 Å². The summed E-state index contributed by atoms with van der Waals surface area (Å²) in [7, 11) is 1.65. The summed E-state index contributed by atoms with van der Waals surface area (Å²) in [5, 5.41) is 1.56. The molecule has 0 aliphatic heterocycles. The van der Waals surface area contributed by atoms with Gasteiger partial charge in [-0.1, -0.05) is 11.6 Å². The van der Waals surface area contributed by atoms with E-state index in [-0.39, 0.29) is 18.2 Å². The second-order valence-corrected chi connectivity index (χ2v) is 5.11. The minimum atomic E-state index is -0.0607. The molecule has 1 aliphatic carbocycles. The Bertz CT molecular complexity index is 605. The highest BCUT2D eigenvalue weighted by Gasteiger charge is 2.41. The molecule has 0 radical (unpaired) electrons. The second kappa shape index (κ2) is 4.96. The molecule has 0 spiro atoms. The van der Waals surface area contributed by atoms with E-state index in [1.807, 2.05) is 24.3 Å². The first kappa shape index (κ1) is 12.7. The summed E-state index contributed by atoms with van der Waals surface area (Å²) < 4.78 is 11.3. The van der Waals surface area contributed by atoms with Gasteiger partial charge in [0, 0.05) is 31.2 Å². The summed E-state index contributed by atoms with van der Waals surface area (Å²) in [5.74, 6) is 0.721. The number of aromatic nitrogens is 1. The van der Waals surface area contributed by atoms with Crippen molar-refractivity contribution >= 4 is 22.5 Å². The SMILES string of the molecule is COC1C(N)CC1Oc1ccc(Cl)c2cccnc12. The lowest BCUT2D eigenvalue weighted by atomic mass is 9.86. The number of pyridine rings is 1. The van der Waals surface area contributed by atoms with Crippen LogP contribution in [0.5, 0.6) is 5.75 Å². The summed E-state index contributed by atoms with van der Waals surface area (Å²) in [6.45, 7) is 0. The molecule has 3 rings (SSSR count). The van der Waals surface area contributed by atoms with E-state index in [0.717, 1.165) is 23.1 Å². The highest BCUT2D eigenvalue weighted by atomic mass is 35.5. The van der Waals surface area contributed by atoms with Gasteiger partial charge in [-0.25, -0.2) is 0 Å². The molecule has 1 saturated carbocycles. The zero-order valence-corrected chi connectivity index (χ0v) is 11.3. The van der Waals surface area contributed by atoms with Crippen LogP contribution in [0.2, 0.25) is 5.02 Å². The monoisotopic (exact) mass is 278 g/mol. The third-order valence-electron chi connectivity index (χ3n) is 3.52. The number of ether oxygens (including phenoxy) is 2. The van der Waals surface area contributed by atoms with E-state index in [0.29, 0.717) is 5.02 Å². The van der Waals surface area contributed by atoms with Crippen LogP contribution in [0.1, 0.15) is 6.42 Å². The molecule has 2 N–H and O–H groups in total. The molecule has 19 heavy (non-hydrogen) atoms. The fraction of sp³-hybridized carbons (Fsp3) is 0.357. The van der Waals surface area contributed by atoms with Gasteiger partial charge in [0.1, 0.15) is 23.5 Å². The lowest BCUT2D eigenvalue weighted by Gasteiger charge is -2.41. The van der Waals surface area contributed by atoms with Crippen molar-refractivity contribution in [3.63, 3.8) is 0 Å². The molecule has 100 valence electrons. The third-order valence-corrected chi connectivity index (χ3v) is 3.85. The molecule has 0 amide bonds. The van der Waals surface area contributed by atoms with E-state index >= 15 is 0 Å². The Hall–Kier alpha value is -1.36. The molecule has 1 aliphatic rings. The summed E-state index contributed by atoms with van der Waals surface area (Å²) in [6, 6.07) is 7.49. The van der Waals surface area contributed by atoms with Gasteiger partial charge in [-0.2, -0.15) is 0 Å². The van der Waals surface area contributed by atoms with E-state index in [9.17, 15) is 0 Å². The van der Waals surface area contributed by atoms with Crippen LogP contribution >= 0.6 is 11.6 Å². The molecular formula is C14H15ClN2O2. The molecule has 1 fully saturated rings. The molecule has 5 heteroatoms. The van der Waals surface area contributed by atoms with Crippen LogP contribution in [0.3, 0.4) is 0 Å². The minimum absolute atomic E-state index is 0.0219. The number of benzene rings is 1. The van der Waals surface area contributed by atoms with Crippen molar-refractivity contribution in [1.29, 1.82) is 0 Å². The molecule has 1 aromatic heterocycles. The van der Waals surface area contributed by atoms with Crippen molar-refractivity contribution in [2.24, 2.45) is 5.73 Å². The Balaban J connectivity index is 1.92. The summed E-state index contributed by atoms with van der Waals surface area (Å²) in [5.41, 5.74) is 6.64. The predicted molar refractivity (Wildman–Crippen MR) is 74.6 cm³/mol. The van der Waals surface area contributed by atoms with Crippen LogP contribution in [0.15, 0.2) is 30.5 Å². The van der Waals surface area contributed by atoms with E-state index < -0.39 is 0 Å². The van der Waals surface area contributed by atoms with Crippen molar-refractivity contribution in [2.75, 3.05) is 7.11 Å². The summed E-state index contributed by atoms with van der Waals surface area (Å²) in [6.07, 6.45) is 2.43. The maximum atomic E-state index is 6.15. The molecule has 3 unspecified atom stereocenters. The van der Waals surface area contributed by atoms with Gasteiger partial charge < -0.3 is 15.2 Å². The zero-order valence-electron chi connectivity index (χ0n) is 10.5. The van der Waals surface area contributed by atoms with Crippen molar-refractivity contribution in [1.82, 2.24) is 4.98 Å². The van der Waals surface area contributed by atoms with Gasteiger partial charge in [-0.15, -0.1) is 0 Å². The van der Waals surface area contributed by atoms with Gasteiger partial charge in [0.25, 0.3) is 0 Å². The average Bonchev–Trinajstić information content (AvgIpc) is 2.41. The average molecular weight is 279 g/mol. The first-order valence-electron chi connectivity index (χ1n) is 6.19. The molecule has 1 heterocycles. The van der Waals surface area contributed by atoms with Crippen molar-refractivity contribution < 1.29 is 9.47 Å². The number of methoxy groups -OCH3 is 1. The lowest BCUT2D eigenvalue weighted by Crippen LogP contribution is -2.59. The number of rotatable bonds is 3. The summed E-state index contributed by atoms with van der Waals surface area (Å²) in [4.78, 5) is 4.34. The normalized spacial score (nSPS) is 26.2. The van der Waals surface area contributed by atoms with Gasteiger partial charge in [-0.05, 0) is 24.3 Å². The lowest BCUT2D eigenvalue weighted by molar-refractivity contribution is -0.0777. The van der Waals surface area contributed by atoms with Crippen LogP contribution < -0.4 is 10.5 Å². The topological polar surface area (TPSA) is 57.4 Å². The summed E-state index contributed by atoms with van der Waals surface area (Å²) >= 11 is 6.15. The number of fused-ring (bicyclic) bond motifs is 1. The Labute approximate surface area is 116 Å². The second-order valence-electron chi connectivity index (χ2n) is 4.70. The van der Waals surface area contributed by atoms with Crippen molar-refractivity contribution in [2.45, 2.75) is 24.7 Å². The van der Waals surface area contributed by atoms with Crippen LogP contribution in [0.4, 0.5) is 0 Å². The van der Waals surface area contributed by atoms with E-state index in [2.05, 4.69) is 4.98 Å². The van der Waals surface area contributed by atoms with E-state index in [1.165, 1.54) is 0 Å². The zero-order chi connectivity index (χ0) is 13.4. The van der Waals surface area contributed by atoms with Gasteiger partial charge in [0.2, 0.25) is 0 Å². The van der Waals surface area contributed by atoms with Crippen LogP contribution in [0.25, 0.3) is 10.9 Å². The van der Waals surface area contributed by atoms with Crippen LogP contribution in [-0.2, 0) is 4.74 Å². The van der Waals surface area contributed by atoms with Crippen LogP contribution in [-0.4, -0.2) is 30.3 Å². The smallest absolute Gasteiger partial charge is 0.146 e. The Morgan fingerprint density at radius 2 is 2.21 bits per heavy atom. The van der Waals surface area contributed by atoms with E-state index in [1.54, 1.807) is 13.3 Å². The predicted octanol–water partition coefficient (Wildman–Crippen LogP) is 2.38. The fourth-order valence-electron chi connectivity index (χ4n) is 2.43. The van der Waals surface area contributed by atoms with Crippen molar-refractivity contribution in [3.8, 4) is 5.75 Å². The maximum absolute atomic E-state index is 6.15. The first-order chi connectivity index (χ1) is 9.20. The minimum Gasteiger partial charge on any atom is -0.485 e. The molecule has 1 aromatic carbocycles. The molecule has 0 bridgehead atoms. The van der Waals surface area contributed by atoms with Crippen molar-refractivity contribution in [3.05, 3.63) is 35.5 Å². The molecule has 0 saturated heterocycles. The number of hydrogen-bond acceptors (Lipinski definition) is 4. The number of nitrogens with zero attached hydrogens (tertiary/aromatic N) is 1. The quantitative estimate of drug-likeness (QED) is 0.936. The number of nitrogens with two attached hydrogens (primary N) is 1. The van der Waals surface area contributed by atoms with Crippen LogP contribution in [0, 0.1) is 0 Å². The highest BCUT2D eigenvalue weighted by molar-refractivity contribution is 6.35. The van der Waals surface area contributed by atoms with Gasteiger partial charge in [0.05, 0.1) is 5.02 Å².